The zero-order chi connectivity index (χ0) is 27.3. The minimum atomic E-state index is -4.61. The summed E-state index contributed by atoms with van der Waals surface area (Å²) in [5, 5.41) is 2.72. The first kappa shape index (κ1) is 27.2. The largest absolute Gasteiger partial charge is 0.496 e. The first-order valence-electron chi connectivity index (χ1n) is 10.7. The molecule has 0 unspecified atom stereocenters. The monoisotopic (exact) mass is 529 g/mol. The Morgan fingerprint density at radius 1 is 0.892 bits per heavy atom. The molecule has 11 nitrogen and oxygen atoms in total. The van der Waals surface area contributed by atoms with Crippen LogP contribution in [-0.2, 0) is 14.9 Å². The number of nitrogens with one attached hydrogen (secondary N) is 1. The van der Waals surface area contributed by atoms with E-state index >= 15 is 0 Å². The van der Waals surface area contributed by atoms with Crippen LogP contribution in [-0.4, -0.2) is 47.3 Å². The number of methoxy groups -OCH3 is 4. The summed E-state index contributed by atoms with van der Waals surface area (Å²) < 4.78 is 54.4. The number of carbonyl (C=O) groups is 1. The van der Waals surface area contributed by atoms with Crippen LogP contribution in [0.5, 0.6) is 23.0 Å². The van der Waals surface area contributed by atoms with Crippen molar-refractivity contribution >= 4 is 39.2 Å². The number of ether oxygens (including phenoxy) is 4. The minimum Gasteiger partial charge on any atom is -0.496 e. The van der Waals surface area contributed by atoms with Gasteiger partial charge in [-0.15, -0.1) is 0 Å². The summed E-state index contributed by atoms with van der Waals surface area (Å²) >= 11 is 0. The van der Waals surface area contributed by atoms with Gasteiger partial charge in [0.05, 0.1) is 39.7 Å². The zero-order valence-corrected chi connectivity index (χ0v) is 21.4. The van der Waals surface area contributed by atoms with Crippen molar-refractivity contribution in [3.8, 4) is 34.1 Å². The molecule has 37 heavy (non-hydrogen) atoms. The molecule has 0 bridgehead atoms. The summed E-state index contributed by atoms with van der Waals surface area (Å²) in [7, 11) is 1.29. The van der Waals surface area contributed by atoms with Gasteiger partial charge in [0.15, 0.2) is 0 Å². The first-order valence-corrected chi connectivity index (χ1v) is 12.1. The third-order valence-corrected chi connectivity index (χ3v) is 6.32. The fraction of sp³-hybridized carbons (Fsp3) is 0.160. The molecule has 3 rings (SSSR count). The predicted octanol–water partition coefficient (Wildman–Crippen LogP) is 3.45. The Bertz CT molecular complexity index is 1440. The Hall–Kier alpha value is -4.42. The molecular formula is C25H27N3O8S. The van der Waals surface area contributed by atoms with Crippen molar-refractivity contribution < 1.29 is 36.7 Å². The number of nitrogen functional groups attached to an aromatic ring is 2. The number of rotatable bonds is 9. The molecule has 0 spiro atoms. The number of nitrogens with two attached hydrogens (primary N) is 2. The lowest BCUT2D eigenvalue weighted by atomic mass is 10.00. The molecule has 6 N–H and O–H groups in total. The van der Waals surface area contributed by atoms with Gasteiger partial charge in [0, 0.05) is 40.7 Å². The average Bonchev–Trinajstić information content (AvgIpc) is 2.86. The van der Waals surface area contributed by atoms with E-state index in [1.54, 1.807) is 24.3 Å². The summed E-state index contributed by atoms with van der Waals surface area (Å²) in [6.45, 7) is 0. The molecule has 0 aliphatic carbocycles. The van der Waals surface area contributed by atoms with Crippen LogP contribution < -0.4 is 35.7 Å². The lowest BCUT2D eigenvalue weighted by molar-refractivity contribution is -0.111. The third-order valence-electron chi connectivity index (χ3n) is 5.41. The van der Waals surface area contributed by atoms with Gasteiger partial charge in [-0.2, -0.15) is 8.42 Å². The first-order chi connectivity index (χ1) is 17.5. The summed E-state index contributed by atoms with van der Waals surface area (Å²) in [4.78, 5) is 12.2. The smallest absolute Gasteiger partial charge is 0.296 e. The van der Waals surface area contributed by atoms with E-state index < -0.39 is 20.9 Å². The van der Waals surface area contributed by atoms with Crippen molar-refractivity contribution in [2.45, 2.75) is 4.90 Å². The van der Waals surface area contributed by atoms with Crippen molar-refractivity contribution in [1.29, 1.82) is 0 Å². The Morgan fingerprint density at radius 2 is 1.51 bits per heavy atom. The number of anilines is 3. The molecule has 3 aromatic carbocycles. The fourth-order valence-electron chi connectivity index (χ4n) is 3.66. The van der Waals surface area contributed by atoms with Crippen LogP contribution in [0.25, 0.3) is 17.2 Å². The second-order valence-corrected chi connectivity index (χ2v) is 8.99. The molecule has 0 saturated heterocycles. The Kier molecular flexibility index (Phi) is 8.15. The highest BCUT2D eigenvalue weighted by molar-refractivity contribution is 7.86. The lowest BCUT2D eigenvalue weighted by Gasteiger charge is -2.16. The molecule has 1 amide bonds. The standard InChI is InChI=1S/C25H27N3O8S/c1-33-15-12-20(35-3)16(21(13-15)36-4)6-10-23(29)28-14-5-8-19(34-2)17(11-14)24-18(26)7-9-22(25(24)27)37(30,31)32/h5-13H,26-27H2,1-4H3,(H,28,29)(H,30,31,32). The summed E-state index contributed by atoms with van der Waals surface area (Å²) in [5.74, 6) is 1.24. The lowest BCUT2D eigenvalue weighted by Crippen LogP contribution is -2.09. The van der Waals surface area contributed by atoms with E-state index in [1.165, 1.54) is 52.7 Å². The van der Waals surface area contributed by atoms with Gasteiger partial charge in [-0.1, -0.05) is 0 Å². The Morgan fingerprint density at radius 3 is 2.05 bits per heavy atom. The number of benzene rings is 3. The van der Waals surface area contributed by atoms with E-state index in [9.17, 15) is 17.8 Å². The summed E-state index contributed by atoms with van der Waals surface area (Å²) in [6.07, 6.45) is 2.82. The molecule has 0 aromatic heterocycles. The molecule has 196 valence electrons. The number of hydrogen-bond acceptors (Lipinski definition) is 9. The van der Waals surface area contributed by atoms with Crippen molar-refractivity contribution in [2.24, 2.45) is 0 Å². The molecule has 0 atom stereocenters. The maximum absolute atomic E-state index is 12.7. The number of amides is 1. The van der Waals surface area contributed by atoms with Crippen LogP contribution >= 0.6 is 0 Å². The Balaban J connectivity index is 1.98. The molecule has 0 aliphatic rings. The highest BCUT2D eigenvalue weighted by Gasteiger charge is 2.22. The molecule has 3 aromatic rings. The van der Waals surface area contributed by atoms with E-state index in [1.807, 2.05) is 0 Å². The number of hydrogen-bond donors (Lipinski definition) is 4. The van der Waals surface area contributed by atoms with Gasteiger partial charge in [-0.05, 0) is 36.4 Å². The van der Waals surface area contributed by atoms with E-state index in [0.29, 0.717) is 39.8 Å². The second kappa shape index (κ2) is 11.1. The van der Waals surface area contributed by atoms with Gasteiger partial charge in [0.25, 0.3) is 10.1 Å². The molecule has 0 aliphatic heterocycles. The molecule has 12 heteroatoms. The van der Waals surface area contributed by atoms with E-state index in [-0.39, 0.29) is 16.9 Å². The molecule has 0 radical (unpaired) electrons. The Labute approximate surface area is 214 Å². The van der Waals surface area contributed by atoms with Gasteiger partial charge in [0.2, 0.25) is 5.91 Å². The molecule has 0 saturated carbocycles. The minimum absolute atomic E-state index is 0.131. The van der Waals surface area contributed by atoms with Crippen LogP contribution in [0.2, 0.25) is 0 Å². The molecule has 0 heterocycles. The zero-order valence-electron chi connectivity index (χ0n) is 20.6. The van der Waals surface area contributed by atoms with Gasteiger partial charge in [-0.3, -0.25) is 9.35 Å². The normalized spacial score (nSPS) is 11.3. The van der Waals surface area contributed by atoms with Crippen LogP contribution in [0, 0.1) is 0 Å². The van der Waals surface area contributed by atoms with Crippen LogP contribution in [0.1, 0.15) is 5.56 Å². The van der Waals surface area contributed by atoms with Gasteiger partial charge in [-0.25, -0.2) is 0 Å². The topological polar surface area (TPSA) is 172 Å². The molecule has 0 fully saturated rings. The van der Waals surface area contributed by atoms with Crippen LogP contribution in [0.15, 0.2) is 53.4 Å². The molecular weight excluding hydrogens is 502 g/mol. The van der Waals surface area contributed by atoms with E-state index in [4.69, 9.17) is 30.4 Å². The van der Waals surface area contributed by atoms with Gasteiger partial charge < -0.3 is 35.7 Å². The van der Waals surface area contributed by atoms with E-state index in [0.717, 1.165) is 6.07 Å². The summed E-state index contributed by atoms with van der Waals surface area (Å²) in [5.41, 5.74) is 13.3. The highest BCUT2D eigenvalue weighted by Crippen LogP contribution is 2.42. The van der Waals surface area contributed by atoms with Crippen LogP contribution in [0.4, 0.5) is 17.1 Å². The second-order valence-electron chi connectivity index (χ2n) is 7.60. The van der Waals surface area contributed by atoms with Gasteiger partial charge in [0.1, 0.15) is 27.9 Å². The maximum Gasteiger partial charge on any atom is 0.296 e. The highest BCUT2D eigenvalue weighted by atomic mass is 32.2. The third kappa shape index (κ3) is 5.88. The quantitative estimate of drug-likeness (QED) is 0.183. The van der Waals surface area contributed by atoms with Crippen molar-refractivity contribution in [1.82, 2.24) is 0 Å². The van der Waals surface area contributed by atoms with Crippen molar-refractivity contribution in [2.75, 3.05) is 45.2 Å². The SMILES string of the molecule is COc1cc(OC)c(C=CC(=O)Nc2ccc(OC)c(-c3c(N)ccc(S(=O)(=O)O)c3N)c2)c(OC)c1. The average molecular weight is 530 g/mol. The van der Waals surface area contributed by atoms with Crippen molar-refractivity contribution in [3.05, 3.63) is 54.1 Å². The maximum atomic E-state index is 12.7. The van der Waals surface area contributed by atoms with Crippen LogP contribution in [0.3, 0.4) is 0 Å². The number of carbonyl (C=O) groups excluding carboxylic acids is 1. The van der Waals surface area contributed by atoms with Crippen molar-refractivity contribution in [3.63, 3.8) is 0 Å². The fourth-order valence-corrected chi connectivity index (χ4v) is 4.28. The van der Waals surface area contributed by atoms with Gasteiger partial charge >= 0.3 is 0 Å². The van der Waals surface area contributed by atoms with E-state index in [2.05, 4.69) is 5.32 Å². The summed E-state index contributed by atoms with van der Waals surface area (Å²) in [6, 6.07) is 10.4. The predicted molar refractivity (Wildman–Crippen MR) is 141 cm³/mol.